The molecule has 0 unspecified atom stereocenters. The van der Waals surface area contributed by atoms with Crippen molar-refractivity contribution in [1.29, 1.82) is 0 Å². The zero-order chi connectivity index (χ0) is 20.4. The number of carbonyl (C=O) groups excluding carboxylic acids is 2. The third-order valence-electron chi connectivity index (χ3n) is 5.34. The van der Waals surface area contributed by atoms with Gasteiger partial charge in [-0.15, -0.1) is 0 Å². The summed E-state index contributed by atoms with van der Waals surface area (Å²) in [4.78, 5) is 28.9. The van der Waals surface area contributed by atoms with Gasteiger partial charge in [0.2, 0.25) is 0 Å². The SMILES string of the molecule is CCOc1ccc(C2=C(O)C(=O)N(c3ccc(N4CCCCC4)cc3)C2=O)cc1. The van der Waals surface area contributed by atoms with E-state index in [0.29, 0.717) is 23.6 Å². The van der Waals surface area contributed by atoms with Crippen LogP contribution in [0.4, 0.5) is 11.4 Å². The van der Waals surface area contributed by atoms with Gasteiger partial charge in [-0.25, -0.2) is 4.90 Å². The molecule has 6 nitrogen and oxygen atoms in total. The molecule has 2 amide bonds. The molecule has 2 aliphatic rings. The van der Waals surface area contributed by atoms with Crippen LogP contribution in [0.25, 0.3) is 5.57 Å². The molecule has 0 atom stereocenters. The van der Waals surface area contributed by atoms with E-state index in [9.17, 15) is 14.7 Å². The van der Waals surface area contributed by atoms with Crippen LogP contribution in [0.5, 0.6) is 5.75 Å². The van der Waals surface area contributed by atoms with Gasteiger partial charge < -0.3 is 14.7 Å². The molecule has 2 heterocycles. The quantitative estimate of drug-likeness (QED) is 0.781. The van der Waals surface area contributed by atoms with Crippen LogP contribution in [0.3, 0.4) is 0 Å². The summed E-state index contributed by atoms with van der Waals surface area (Å²) in [6.45, 7) is 4.46. The molecule has 1 N–H and O–H groups in total. The van der Waals surface area contributed by atoms with Crippen LogP contribution in [0.2, 0.25) is 0 Å². The Hall–Kier alpha value is -3.28. The number of rotatable bonds is 5. The number of aliphatic hydroxyl groups excluding tert-OH is 1. The smallest absolute Gasteiger partial charge is 0.301 e. The molecule has 2 aliphatic heterocycles. The molecule has 0 spiro atoms. The maximum Gasteiger partial charge on any atom is 0.301 e. The number of anilines is 2. The van der Waals surface area contributed by atoms with Crippen LogP contribution in [-0.2, 0) is 9.59 Å². The largest absolute Gasteiger partial charge is 0.502 e. The molecule has 150 valence electrons. The van der Waals surface area contributed by atoms with Gasteiger partial charge in [0.05, 0.1) is 17.9 Å². The van der Waals surface area contributed by atoms with Crippen molar-refractivity contribution in [3.05, 3.63) is 59.9 Å². The molecule has 4 rings (SSSR count). The molecule has 2 aromatic carbocycles. The van der Waals surface area contributed by atoms with Gasteiger partial charge in [-0.05, 0) is 68.1 Å². The van der Waals surface area contributed by atoms with Crippen molar-refractivity contribution in [2.45, 2.75) is 26.2 Å². The van der Waals surface area contributed by atoms with E-state index in [2.05, 4.69) is 4.90 Å². The molecule has 29 heavy (non-hydrogen) atoms. The Kier molecular flexibility index (Phi) is 5.25. The zero-order valence-electron chi connectivity index (χ0n) is 16.4. The molecule has 1 fully saturated rings. The summed E-state index contributed by atoms with van der Waals surface area (Å²) < 4.78 is 5.41. The number of benzene rings is 2. The summed E-state index contributed by atoms with van der Waals surface area (Å²) in [5.74, 6) is -1.09. The number of imide groups is 1. The van der Waals surface area contributed by atoms with Crippen LogP contribution in [0.1, 0.15) is 31.7 Å². The second-order valence-corrected chi connectivity index (χ2v) is 7.19. The third kappa shape index (κ3) is 3.58. The summed E-state index contributed by atoms with van der Waals surface area (Å²) >= 11 is 0. The Bertz CT molecular complexity index is 942. The third-order valence-corrected chi connectivity index (χ3v) is 5.34. The highest BCUT2D eigenvalue weighted by Gasteiger charge is 2.40. The van der Waals surface area contributed by atoms with Crippen LogP contribution >= 0.6 is 0 Å². The number of aliphatic hydroxyl groups is 1. The highest BCUT2D eigenvalue weighted by Crippen LogP contribution is 2.33. The van der Waals surface area contributed by atoms with Crippen molar-refractivity contribution in [3.63, 3.8) is 0 Å². The first-order valence-electron chi connectivity index (χ1n) is 10.0. The molecule has 6 heteroatoms. The molecule has 1 saturated heterocycles. The fourth-order valence-electron chi connectivity index (χ4n) is 3.86. The second kappa shape index (κ2) is 7.99. The first-order valence-corrected chi connectivity index (χ1v) is 10.0. The van der Waals surface area contributed by atoms with Gasteiger partial charge in [0.25, 0.3) is 5.91 Å². The lowest BCUT2D eigenvalue weighted by atomic mass is 10.1. The van der Waals surface area contributed by atoms with Crippen molar-refractivity contribution in [1.82, 2.24) is 0 Å². The Balaban J connectivity index is 1.57. The zero-order valence-corrected chi connectivity index (χ0v) is 16.4. The van der Waals surface area contributed by atoms with Crippen molar-refractivity contribution in [3.8, 4) is 5.75 Å². The van der Waals surface area contributed by atoms with Gasteiger partial charge in [-0.2, -0.15) is 0 Å². The Morgan fingerprint density at radius 3 is 2.10 bits per heavy atom. The van der Waals surface area contributed by atoms with E-state index in [1.54, 1.807) is 36.4 Å². The number of piperidine rings is 1. The van der Waals surface area contributed by atoms with Crippen LogP contribution in [0.15, 0.2) is 54.3 Å². The lowest BCUT2D eigenvalue weighted by molar-refractivity contribution is -0.121. The topological polar surface area (TPSA) is 70.1 Å². The summed E-state index contributed by atoms with van der Waals surface area (Å²) in [7, 11) is 0. The van der Waals surface area contributed by atoms with Gasteiger partial charge in [-0.3, -0.25) is 9.59 Å². The highest BCUT2D eigenvalue weighted by atomic mass is 16.5. The Morgan fingerprint density at radius 2 is 1.48 bits per heavy atom. The molecule has 0 saturated carbocycles. The van der Waals surface area contributed by atoms with Crippen molar-refractivity contribution in [2.75, 3.05) is 29.5 Å². The molecule has 0 aromatic heterocycles. The van der Waals surface area contributed by atoms with Gasteiger partial charge in [-0.1, -0.05) is 12.1 Å². The van der Waals surface area contributed by atoms with Crippen molar-refractivity contribution in [2.24, 2.45) is 0 Å². The van der Waals surface area contributed by atoms with Gasteiger partial charge in [0.15, 0.2) is 5.76 Å². The Labute approximate surface area is 170 Å². The highest BCUT2D eigenvalue weighted by molar-refractivity contribution is 6.44. The second-order valence-electron chi connectivity index (χ2n) is 7.19. The molecule has 2 aromatic rings. The predicted octanol–water partition coefficient (Wildman–Crippen LogP) is 3.92. The summed E-state index contributed by atoms with van der Waals surface area (Å²) in [6.07, 6.45) is 3.60. The number of ether oxygens (including phenoxy) is 1. The number of hydrogen-bond acceptors (Lipinski definition) is 5. The lowest BCUT2D eigenvalue weighted by Crippen LogP contribution is -2.32. The number of hydrogen-bond donors (Lipinski definition) is 1. The van der Waals surface area contributed by atoms with Crippen LogP contribution in [-0.4, -0.2) is 36.6 Å². The molecule has 0 bridgehead atoms. The lowest BCUT2D eigenvalue weighted by Gasteiger charge is -2.29. The van der Waals surface area contributed by atoms with E-state index < -0.39 is 17.6 Å². The van der Waals surface area contributed by atoms with Gasteiger partial charge in [0, 0.05) is 18.8 Å². The minimum Gasteiger partial charge on any atom is -0.502 e. The average Bonchev–Trinajstić information content (AvgIpc) is 2.98. The standard InChI is InChI=1S/C23H24N2O4/c1-2-29-19-12-6-16(7-13-19)20-21(26)23(28)25(22(20)27)18-10-8-17(9-11-18)24-14-4-3-5-15-24/h6-13,26H,2-5,14-15H2,1H3. The summed E-state index contributed by atoms with van der Waals surface area (Å²) in [5, 5.41) is 10.4. The fraction of sp³-hybridized carbons (Fsp3) is 0.304. The van der Waals surface area contributed by atoms with Gasteiger partial charge in [0.1, 0.15) is 5.75 Å². The molecule has 0 radical (unpaired) electrons. The van der Waals surface area contributed by atoms with E-state index in [0.717, 1.165) is 23.7 Å². The van der Waals surface area contributed by atoms with Crippen molar-refractivity contribution >= 4 is 28.8 Å². The maximum atomic E-state index is 13.0. The monoisotopic (exact) mass is 392 g/mol. The van der Waals surface area contributed by atoms with Crippen LogP contribution in [0, 0.1) is 0 Å². The van der Waals surface area contributed by atoms with Crippen LogP contribution < -0.4 is 14.5 Å². The minimum absolute atomic E-state index is 0.0122. The first-order chi connectivity index (χ1) is 14.1. The van der Waals surface area contributed by atoms with E-state index in [4.69, 9.17) is 4.74 Å². The maximum absolute atomic E-state index is 13.0. The summed E-state index contributed by atoms with van der Waals surface area (Å²) in [5.41, 5.74) is 2.03. The fourth-order valence-corrected chi connectivity index (χ4v) is 3.86. The molecular formula is C23H24N2O4. The first kappa shape index (κ1) is 19.1. The number of carbonyl (C=O) groups is 2. The van der Waals surface area contributed by atoms with E-state index >= 15 is 0 Å². The summed E-state index contributed by atoms with van der Waals surface area (Å²) in [6, 6.07) is 14.1. The van der Waals surface area contributed by atoms with E-state index in [1.807, 2.05) is 19.1 Å². The van der Waals surface area contributed by atoms with Crippen molar-refractivity contribution < 1.29 is 19.4 Å². The van der Waals surface area contributed by atoms with E-state index in [1.165, 1.54) is 19.3 Å². The van der Waals surface area contributed by atoms with E-state index in [-0.39, 0.29) is 5.57 Å². The number of nitrogens with zero attached hydrogens (tertiary/aromatic N) is 2. The average molecular weight is 392 g/mol. The van der Waals surface area contributed by atoms with Gasteiger partial charge >= 0.3 is 5.91 Å². The normalized spacial score (nSPS) is 17.3. The Morgan fingerprint density at radius 1 is 0.862 bits per heavy atom. The molecule has 0 aliphatic carbocycles. The minimum atomic E-state index is -0.704. The number of amides is 2. The predicted molar refractivity (Wildman–Crippen MR) is 112 cm³/mol. The molecular weight excluding hydrogens is 368 g/mol.